The van der Waals surface area contributed by atoms with Gasteiger partial charge in [-0.25, -0.2) is 0 Å². The molecule has 0 heterocycles. The maximum Gasteiger partial charge on any atom is 0.663 e. The number of aliphatic hydroxyl groups is 2. The molecule has 27 heavy (non-hydrogen) atoms. The van der Waals surface area contributed by atoms with Gasteiger partial charge in [-0.05, 0) is 13.1 Å². The molecule has 0 aromatic heterocycles. The van der Waals surface area contributed by atoms with Crippen LogP contribution in [0.25, 0.3) is 0 Å². The lowest BCUT2D eigenvalue weighted by molar-refractivity contribution is -0.197. The Morgan fingerprint density at radius 1 is 0.815 bits per heavy atom. The fraction of sp³-hybridized carbons (Fsp3) is 1.00. The molecule has 0 amide bonds. The minimum absolute atomic E-state index is 0.0756. The molecule has 170 valence electrons. The van der Waals surface area contributed by atoms with Gasteiger partial charge < -0.3 is 45.3 Å². The maximum absolute atomic E-state index is 9.59. The Morgan fingerprint density at radius 2 is 1.26 bits per heavy atom. The van der Waals surface area contributed by atoms with Gasteiger partial charge in [0.25, 0.3) is 6.48 Å². The van der Waals surface area contributed by atoms with E-state index in [0.29, 0.717) is 0 Å². The molecule has 0 rings (SSSR count). The van der Waals surface area contributed by atoms with Crippen LogP contribution in [0.15, 0.2) is 0 Å². The molecule has 0 aliphatic heterocycles. The van der Waals surface area contributed by atoms with E-state index in [1.165, 1.54) is 7.11 Å². The molecule has 0 bridgehead atoms. The third-order valence-corrected chi connectivity index (χ3v) is 11.0. The average molecular weight is 487 g/mol. The Bertz CT molecular complexity index is 279. The molecule has 0 fully saturated rings. The van der Waals surface area contributed by atoms with Crippen molar-refractivity contribution in [3.05, 3.63) is 0 Å². The number of hydrogen-bond donors (Lipinski definition) is 2. The molecule has 0 saturated carbocycles. The van der Waals surface area contributed by atoms with Gasteiger partial charge >= 0.3 is 17.6 Å². The first-order valence-electron chi connectivity index (χ1n) is 8.43. The predicted octanol–water partition coefficient (Wildman–Crippen LogP) is -1.34. The quantitative estimate of drug-likeness (QED) is 0.268. The standard InChI is InChI=1S/C7H24O7Si4.C2H8OSi.C2H6O.CH4O/c1-9-17(5,6)14-18(10-2,13-16-4)12-7(8)11-15-3;1-3-4-2;1-3-2;1-2/h7-8H,15-16H2,1-6H3;4H2,1-2H3;1-2H3;2H,1H3. The summed E-state index contributed by atoms with van der Waals surface area (Å²) in [5.74, 6) is 0. The minimum Gasteiger partial charge on any atom is -0.427 e. The van der Waals surface area contributed by atoms with Crippen LogP contribution in [0.1, 0.15) is 0 Å². The Hall–Kier alpha value is 0.684. The zero-order chi connectivity index (χ0) is 22.4. The topological polar surface area (TPSA) is 114 Å². The predicted molar refractivity (Wildman–Crippen MR) is 119 cm³/mol. The molecule has 0 saturated heterocycles. The van der Waals surface area contributed by atoms with Crippen LogP contribution >= 0.6 is 0 Å². The molecular weight excluding hydrogens is 445 g/mol. The van der Waals surface area contributed by atoms with Gasteiger partial charge in [-0.1, -0.05) is 19.6 Å². The lowest BCUT2D eigenvalue weighted by atomic mass is 11.4. The van der Waals surface area contributed by atoms with Crippen LogP contribution in [0.5, 0.6) is 0 Å². The number of hydrogen-bond acceptors (Lipinski definition) is 10. The van der Waals surface area contributed by atoms with Crippen molar-refractivity contribution in [3.8, 4) is 0 Å². The van der Waals surface area contributed by atoms with Gasteiger partial charge in [0.2, 0.25) is 0 Å². The summed E-state index contributed by atoms with van der Waals surface area (Å²) in [5, 5.41) is 16.6. The van der Waals surface area contributed by atoms with E-state index in [1.807, 2.05) is 26.2 Å². The first-order valence-corrected chi connectivity index (χ1v) is 18.9. The second-order valence-corrected chi connectivity index (χ2v) is 14.2. The molecule has 0 radical (unpaired) electrons. The molecule has 10 nitrogen and oxygen atoms in total. The van der Waals surface area contributed by atoms with Crippen molar-refractivity contribution in [2.24, 2.45) is 0 Å². The van der Waals surface area contributed by atoms with Crippen LogP contribution in [-0.4, -0.2) is 106 Å². The average Bonchev–Trinajstić information content (AvgIpc) is 2.64. The summed E-state index contributed by atoms with van der Waals surface area (Å²) in [7, 11) is 1.50. The van der Waals surface area contributed by atoms with E-state index in [2.05, 4.69) is 15.7 Å². The van der Waals surface area contributed by atoms with Crippen molar-refractivity contribution in [3.63, 3.8) is 0 Å². The van der Waals surface area contributed by atoms with Gasteiger partial charge in [-0.15, -0.1) is 0 Å². The van der Waals surface area contributed by atoms with Gasteiger partial charge in [0.05, 0.1) is 0 Å². The lowest BCUT2D eigenvalue weighted by Crippen LogP contribution is -2.58. The first-order chi connectivity index (χ1) is 12.7. The Morgan fingerprint density at radius 3 is 1.52 bits per heavy atom. The van der Waals surface area contributed by atoms with Gasteiger partial charge in [0.1, 0.15) is 0 Å². The highest BCUT2D eigenvalue weighted by molar-refractivity contribution is 6.75. The van der Waals surface area contributed by atoms with E-state index >= 15 is 0 Å². The molecule has 0 aliphatic carbocycles. The molecule has 0 spiro atoms. The number of rotatable bonds is 11. The smallest absolute Gasteiger partial charge is 0.427 e. The Labute approximate surface area is 174 Å². The molecule has 0 aromatic carbocycles. The second-order valence-electron chi connectivity index (χ2n) is 4.71. The van der Waals surface area contributed by atoms with E-state index in [1.54, 1.807) is 28.4 Å². The van der Waals surface area contributed by atoms with Crippen LogP contribution in [-0.2, 0) is 35.1 Å². The number of ether oxygens (including phenoxy) is 1. The zero-order valence-electron chi connectivity index (χ0n) is 18.9. The highest BCUT2D eigenvalue weighted by Crippen LogP contribution is 2.19. The first kappa shape index (κ1) is 35.1. The van der Waals surface area contributed by atoms with Crippen LogP contribution in [0.2, 0.25) is 32.7 Å². The molecule has 15 heteroatoms. The summed E-state index contributed by atoms with van der Waals surface area (Å²) in [6, 6.07) is 0. The molecule has 2 atom stereocenters. The van der Waals surface area contributed by atoms with Crippen molar-refractivity contribution in [1.29, 1.82) is 0 Å². The molecule has 2 unspecified atom stereocenters. The molecule has 0 aromatic rings. The monoisotopic (exact) mass is 486 g/mol. The number of methoxy groups -OCH3 is 1. The normalized spacial score (nSPS) is 15.0. The molecular formula is C12H42O10Si5. The maximum atomic E-state index is 9.59. The second kappa shape index (κ2) is 24.7. The largest absolute Gasteiger partial charge is 0.663 e. The summed E-state index contributed by atoms with van der Waals surface area (Å²) in [5.41, 5.74) is 0. The van der Waals surface area contributed by atoms with Gasteiger partial charge in [0, 0.05) is 42.7 Å². The van der Waals surface area contributed by atoms with Crippen molar-refractivity contribution < 1.29 is 45.3 Å². The van der Waals surface area contributed by atoms with Crippen LogP contribution in [0, 0.1) is 0 Å². The SMILES string of the molecule is CO.COC.CO[SiH2]C.CO[Si](C)(C)O[Si](OC)(O[SiH2]C)OC(O)O[SiH2]C. The summed E-state index contributed by atoms with van der Waals surface area (Å²) in [6.45, 7) is 8.23. The lowest BCUT2D eigenvalue weighted by Gasteiger charge is -2.34. The summed E-state index contributed by atoms with van der Waals surface area (Å²) in [6.07, 6.45) is 0. The number of aliphatic hydroxyl groups excluding tert-OH is 2. The van der Waals surface area contributed by atoms with Gasteiger partial charge in [-0.3, -0.25) is 0 Å². The van der Waals surface area contributed by atoms with Crippen LogP contribution in [0.3, 0.4) is 0 Å². The van der Waals surface area contributed by atoms with E-state index in [9.17, 15) is 5.11 Å². The zero-order valence-corrected chi connectivity index (χ0v) is 25.1. The van der Waals surface area contributed by atoms with Gasteiger partial charge in [0.15, 0.2) is 29.3 Å². The van der Waals surface area contributed by atoms with E-state index in [0.717, 1.165) is 7.11 Å². The van der Waals surface area contributed by atoms with Crippen molar-refractivity contribution in [2.45, 2.75) is 39.2 Å². The van der Waals surface area contributed by atoms with Crippen molar-refractivity contribution >= 4 is 46.9 Å². The minimum atomic E-state index is -3.38. The van der Waals surface area contributed by atoms with E-state index in [4.69, 9.17) is 31.0 Å². The van der Waals surface area contributed by atoms with Crippen LogP contribution < -0.4 is 0 Å². The highest BCUT2D eigenvalue weighted by Gasteiger charge is 2.51. The van der Waals surface area contributed by atoms with Crippen molar-refractivity contribution in [1.82, 2.24) is 0 Å². The molecule has 2 N–H and O–H groups in total. The fourth-order valence-electron chi connectivity index (χ4n) is 1.06. The third kappa shape index (κ3) is 24.6. The highest BCUT2D eigenvalue weighted by atomic mass is 28.5. The summed E-state index contributed by atoms with van der Waals surface area (Å²) in [4.78, 5) is 0. The van der Waals surface area contributed by atoms with E-state index < -0.39 is 43.6 Å². The Kier molecular flexibility index (Phi) is 32.2. The van der Waals surface area contributed by atoms with Crippen molar-refractivity contribution in [2.75, 3.05) is 42.7 Å². The Balaban J connectivity index is -0.000000246. The van der Waals surface area contributed by atoms with E-state index in [-0.39, 0.29) is 9.76 Å². The summed E-state index contributed by atoms with van der Waals surface area (Å²) < 4.78 is 41.2. The summed E-state index contributed by atoms with van der Waals surface area (Å²) >= 11 is 0. The van der Waals surface area contributed by atoms with Gasteiger partial charge in [-0.2, -0.15) is 0 Å². The fourth-order valence-corrected chi connectivity index (χ4v) is 8.15. The van der Waals surface area contributed by atoms with Crippen LogP contribution in [0.4, 0.5) is 0 Å². The third-order valence-electron chi connectivity index (χ3n) is 2.28. The molecule has 0 aliphatic rings.